The van der Waals surface area contributed by atoms with Gasteiger partial charge in [0.15, 0.2) is 6.61 Å². The first kappa shape index (κ1) is 19.2. The third-order valence-corrected chi connectivity index (χ3v) is 4.35. The van der Waals surface area contributed by atoms with Gasteiger partial charge in [-0.1, -0.05) is 12.1 Å². The van der Waals surface area contributed by atoms with E-state index in [1.54, 1.807) is 45.4 Å². The number of imidazole rings is 1. The van der Waals surface area contributed by atoms with Crippen molar-refractivity contribution in [1.82, 2.24) is 14.0 Å². The number of rotatable bonds is 6. The number of aryl methyl sites for hydroxylation is 1. The van der Waals surface area contributed by atoms with Crippen LogP contribution in [-0.2, 0) is 23.2 Å². The lowest BCUT2D eigenvalue weighted by Crippen LogP contribution is -2.28. The van der Waals surface area contributed by atoms with Crippen molar-refractivity contribution in [3.05, 3.63) is 59.0 Å². The first-order valence-electron chi connectivity index (χ1n) is 8.74. The second-order valence-corrected chi connectivity index (χ2v) is 6.57. The van der Waals surface area contributed by atoms with E-state index in [9.17, 15) is 14.4 Å². The molecule has 2 aromatic carbocycles. The molecular weight excluding hydrogens is 360 g/mol. The molecule has 1 N–H and O–H groups in total. The van der Waals surface area contributed by atoms with E-state index < -0.39 is 0 Å². The van der Waals surface area contributed by atoms with E-state index in [-0.39, 0.29) is 30.7 Å². The number of aromatic nitrogens is 2. The predicted molar refractivity (Wildman–Crippen MR) is 106 cm³/mol. The second-order valence-electron chi connectivity index (χ2n) is 6.57. The topological polar surface area (TPSA) is 85.6 Å². The lowest BCUT2D eigenvalue weighted by Gasteiger charge is -2.12. The summed E-state index contributed by atoms with van der Waals surface area (Å²) in [4.78, 5) is 37.8. The van der Waals surface area contributed by atoms with Gasteiger partial charge in [-0.05, 0) is 36.4 Å². The van der Waals surface area contributed by atoms with Gasteiger partial charge in [-0.25, -0.2) is 4.79 Å². The number of nitrogens with one attached hydrogen (secondary N) is 1. The summed E-state index contributed by atoms with van der Waals surface area (Å²) >= 11 is 0. The fraction of sp³-hybridized carbons (Fsp3) is 0.250. The molecule has 0 saturated carbocycles. The molecule has 28 heavy (non-hydrogen) atoms. The summed E-state index contributed by atoms with van der Waals surface area (Å²) in [5.41, 5.74) is 1.81. The number of fused-ring (bicyclic) bond motifs is 1. The minimum atomic E-state index is -0.310. The molecule has 1 heterocycles. The lowest BCUT2D eigenvalue weighted by atomic mass is 10.3. The Bertz CT molecular complexity index is 1060. The number of hydrogen-bond acceptors (Lipinski definition) is 4. The standard InChI is InChI=1S/C20H22N4O4/c1-22(2)19(26)13-28-15-10-8-14(9-11-15)21-18(25)12-24-17-7-5-4-6-16(17)23(3)20(24)27/h4-11H,12-13H2,1-3H3,(H,21,25). The van der Waals surface area contributed by atoms with Crippen molar-refractivity contribution in [3.63, 3.8) is 0 Å². The number of likely N-dealkylation sites (N-methyl/N-ethyl adjacent to an activating group) is 1. The first-order chi connectivity index (χ1) is 13.4. The summed E-state index contributed by atoms with van der Waals surface area (Å²) < 4.78 is 8.36. The van der Waals surface area contributed by atoms with E-state index in [4.69, 9.17) is 4.74 Å². The molecule has 1 aromatic heterocycles. The van der Waals surface area contributed by atoms with Gasteiger partial charge in [0.05, 0.1) is 11.0 Å². The van der Waals surface area contributed by atoms with Gasteiger partial charge in [-0.15, -0.1) is 0 Å². The van der Waals surface area contributed by atoms with Gasteiger partial charge in [0.1, 0.15) is 12.3 Å². The number of para-hydroxylation sites is 2. The van der Waals surface area contributed by atoms with Crippen LogP contribution in [0, 0.1) is 0 Å². The van der Waals surface area contributed by atoms with E-state index in [0.717, 1.165) is 5.52 Å². The van der Waals surface area contributed by atoms with E-state index in [2.05, 4.69) is 5.32 Å². The molecule has 3 aromatic rings. The molecule has 3 rings (SSSR count). The van der Waals surface area contributed by atoms with Gasteiger partial charge in [-0.2, -0.15) is 0 Å². The molecule has 0 unspecified atom stereocenters. The Morgan fingerprint density at radius 3 is 2.32 bits per heavy atom. The quantitative estimate of drug-likeness (QED) is 0.699. The smallest absolute Gasteiger partial charge is 0.329 e. The zero-order chi connectivity index (χ0) is 20.3. The summed E-state index contributed by atoms with van der Waals surface area (Å²) in [6.07, 6.45) is 0. The summed E-state index contributed by atoms with van der Waals surface area (Å²) in [5, 5.41) is 2.76. The Morgan fingerprint density at radius 2 is 1.68 bits per heavy atom. The number of anilines is 1. The minimum Gasteiger partial charge on any atom is -0.484 e. The number of hydrogen-bond donors (Lipinski definition) is 1. The third kappa shape index (κ3) is 4.06. The van der Waals surface area contributed by atoms with Crippen molar-refractivity contribution in [2.75, 3.05) is 26.0 Å². The summed E-state index contributed by atoms with van der Waals surface area (Å²) in [5.74, 6) is 0.0753. The van der Waals surface area contributed by atoms with Crippen molar-refractivity contribution in [3.8, 4) is 5.75 Å². The first-order valence-corrected chi connectivity index (χ1v) is 8.74. The van der Waals surface area contributed by atoms with E-state index in [0.29, 0.717) is 17.0 Å². The zero-order valence-corrected chi connectivity index (χ0v) is 16.0. The molecule has 0 spiro atoms. The maximum absolute atomic E-state index is 12.4. The molecule has 0 aliphatic heterocycles. The van der Waals surface area contributed by atoms with E-state index >= 15 is 0 Å². The van der Waals surface area contributed by atoms with Crippen LogP contribution in [0.5, 0.6) is 5.75 Å². The van der Waals surface area contributed by atoms with Crippen molar-refractivity contribution in [1.29, 1.82) is 0 Å². The molecule has 0 atom stereocenters. The maximum Gasteiger partial charge on any atom is 0.329 e. The monoisotopic (exact) mass is 382 g/mol. The molecule has 0 bridgehead atoms. The number of amides is 2. The summed E-state index contributed by atoms with van der Waals surface area (Å²) in [6, 6.07) is 14.0. The average Bonchev–Trinajstić information content (AvgIpc) is 2.92. The van der Waals surface area contributed by atoms with Crippen LogP contribution < -0.4 is 15.7 Å². The number of nitrogens with zero attached hydrogens (tertiary/aromatic N) is 3. The van der Waals surface area contributed by atoms with Crippen molar-refractivity contribution < 1.29 is 14.3 Å². The number of carbonyl (C=O) groups is 2. The fourth-order valence-corrected chi connectivity index (χ4v) is 2.77. The van der Waals surface area contributed by atoms with Gasteiger partial charge in [-0.3, -0.25) is 18.7 Å². The van der Waals surface area contributed by atoms with Crippen LogP contribution in [0.15, 0.2) is 53.3 Å². The van der Waals surface area contributed by atoms with Crippen LogP contribution in [-0.4, -0.2) is 46.6 Å². The van der Waals surface area contributed by atoms with Crippen LogP contribution >= 0.6 is 0 Å². The highest BCUT2D eigenvalue weighted by Crippen LogP contribution is 2.16. The Morgan fingerprint density at radius 1 is 1.04 bits per heavy atom. The Labute approximate surface area is 161 Å². The summed E-state index contributed by atoms with van der Waals surface area (Å²) in [7, 11) is 5.00. The van der Waals surface area contributed by atoms with Crippen molar-refractivity contribution in [2.45, 2.75) is 6.54 Å². The predicted octanol–water partition coefficient (Wildman–Crippen LogP) is 1.45. The Hall–Kier alpha value is -3.55. The van der Waals surface area contributed by atoms with Gasteiger partial charge in [0, 0.05) is 26.8 Å². The molecule has 2 amide bonds. The molecule has 0 fully saturated rings. The SMILES string of the molecule is CN(C)C(=O)COc1ccc(NC(=O)Cn2c(=O)n(C)c3ccccc32)cc1. The highest BCUT2D eigenvalue weighted by Gasteiger charge is 2.13. The molecule has 146 valence electrons. The molecule has 0 saturated heterocycles. The normalized spacial score (nSPS) is 10.7. The molecule has 0 radical (unpaired) electrons. The van der Waals surface area contributed by atoms with Gasteiger partial charge in [0.2, 0.25) is 5.91 Å². The molecule has 0 aliphatic carbocycles. The zero-order valence-electron chi connectivity index (χ0n) is 16.0. The van der Waals surface area contributed by atoms with Crippen molar-refractivity contribution in [2.24, 2.45) is 7.05 Å². The third-order valence-electron chi connectivity index (χ3n) is 4.35. The van der Waals surface area contributed by atoms with Crippen LogP contribution in [0.1, 0.15) is 0 Å². The molecule has 0 aliphatic rings. The van der Waals surface area contributed by atoms with E-state index in [1.165, 1.54) is 14.0 Å². The maximum atomic E-state index is 12.4. The average molecular weight is 382 g/mol. The second kappa shape index (κ2) is 7.99. The highest BCUT2D eigenvalue weighted by molar-refractivity contribution is 5.91. The Balaban J connectivity index is 1.65. The van der Waals surface area contributed by atoms with Crippen LogP contribution in [0.25, 0.3) is 11.0 Å². The fourth-order valence-electron chi connectivity index (χ4n) is 2.77. The Kier molecular flexibility index (Phi) is 5.49. The van der Waals surface area contributed by atoms with E-state index in [1.807, 2.05) is 24.3 Å². The molecule has 8 nitrogen and oxygen atoms in total. The number of benzene rings is 2. The van der Waals surface area contributed by atoms with Gasteiger partial charge in [0.25, 0.3) is 5.91 Å². The van der Waals surface area contributed by atoms with Crippen LogP contribution in [0.2, 0.25) is 0 Å². The summed E-state index contributed by atoms with van der Waals surface area (Å²) in [6.45, 7) is -0.140. The highest BCUT2D eigenvalue weighted by atomic mass is 16.5. The van der Waals surface area contributed by atoms with Crippen LogP contribution in [0.3, 0.4) is 0 Å². The lowest BCUT2D eigenvalue weighted by molar-refractivity contribution is -0.130. The number of carbonyl (C=O) groups excluding carboxylic acids is 2. The number of ether oxygens (including phenoxy) is 1. The van der Waals surface area contributed by atoms with Crippen LogP contribution in [0.4, 0.5) is 5.69 Å². The largest absolute Gasteiger partial charge is 0.484 e. The van der Waals surface area contributed by atoms with Gasteiger partial charge < -0.3 is 15.0 Å². The van der Waals surface area contributed by atoms with Gasteiger partial charge >= 0.3 is 5.69 Å². The molecular formula is C20H22N4O4. The molecule has 8 heteroatoms. The van der Waals surface area contributed by atoms with Crippen molar-refractivity contribution >= 4 is 28.5 Å². The minimum absolute atomic E-state index is 0.0529.